The molecule has 0 aliphatic heterocycles. The molecule has 0 spiro atoms. The fourth-order valence-corrected chi connectivity index (χ4v) is 4.48. The van der Waals surface area contributed by atoms with Crippen molar-refractivity contribution in [1.82, 2.24) is 0 Å². The maximum absolute atomic E-state index is 12.8. The summed E-state index contributed by atoms with van der Waals surface area (Å²) in [6.45, 7) is 7.50. The molecule has 0 radical (unpaired) electrons. The van der Waals surface area contributed by atoms with Crippen LogP contribution >= 0.6 is 0 Å². The number of para-hydroxylation sites is 2. The van der Waals surface area contributed by atoms with Crippen LogP contribution in [0, 0.1) is 20.8 Å². The van der Waals surface area contributed by atoms with Gasteiger partial charge < -0.3 is 10.1 Å². The van der Waals surface area contributed by atoms with Crippen molar-refractivity contribution in [2.45, 2.75) is 45.1 Å². The maximum atomic E-state index is 12.8. The van der Waals surface area contributed by atoms with Crippen molar-refractivity contribution in [2.24, 2.45) is 0 Å². The number of rotatable bonds is 8. The number of nitrogens with one attached hydrogen (secondary N) is 2. The Hall–Kier alpha value is -3.32. The Morgan fingerprint density at radius 1 is 0.875 bits per heavy atom. The molecule has 0 fully saturated rings. The van der Waals surface area contributed by atoms with E-state index in [1.807, 2.05) is 70.2 Å². The molecule has 2 N–H and O–H groups in total. The molecule has 0 aliphatic rings. The van der Waals surface area contributed by atoms with E-state index in [0.717, 1.165) is 16.7 Å². The molecule has 0 unspecified atom stereocenters. The van der Waals surface area contributed by atoms with Gasteiger partial charge in [0.05, 0.1) is 10.6 Å². The van der Waals surface area contributed by atoms with Crippen LogP contribution in [-0.4, -0.2) is 20.4 Å². The molecule has 0 heterocycles. The number of carbonyl (C=O) groups is 1. The third kappa shape index (κ3) is 5.48. The first-order valence-electron chi connectivity index (χ1n) is 10.4. The van der Waals surface area contributed by atoms with Crippen LogP contribution < -0.4 is 14.8 Å². The number of hydrogen-bond donors (Lipinski definition) is 2. The van der Waals surface area contributed by atoms with Crippen LogP contribution in [0.3, 0.4) is 0 Å². The Morgan fingerprint density at radius 2 is 1.47 bits per heavy atom. The third-order valence-corrected chi connectivity index (χ3v) is 6.54. The Kier molecular flexibility index (Phi) is 7.20. The van der Waals surface area contributed by atoms with Crippen LogP contribution in [0.15, 0.2) is 71.6 Å². The van der Waals surface area contributed by atoms with Gasteiger partial charge in [-0.25, -0.2) is 8.42 Å². The molecule has 1 amide bonds. The summed E-state index contributed by atoms with van der Waals surface area (Å²) in [6.07, 6.45) is -0.169. The average molecular weight is 453 g/mol. The highest BCUT2D eigenvalue weighted by Gasteiger charge is 2.20. The fourth-order valence-electron chi connectivity index (χ4n) is 3.27. The van der Waals surface area contributed by atoms with E-state index in [4.69, 9.17) is 4.74 Å². The molecule has 3 aromatic rings. The molecule has 6 nitrogen and oxygen atoms in total. The molecule has 1 atom stereocenters. The van der Waals surface area contributed by atoms with Crippen molar-refractivity contribution in [1.29, 1.82) is 0 Å². The van der Waals surface area contributed by atoms with E-state index in [9.17, 15) is 13.2 Å². The molecular weight excluding hydrogens is 424 g/mol. The summed E-state index contributed by atoms with van der Waals surface area (Å²) in [4.78, 5) is 12.8. The van der Waals surface area contributed by atoms with Gasteiger partial charge in [-0.2, -0.15) is 0 Å². The second-order valence-electron chi connectivity index (χ2n) is 7.67. The number of carbonyl (C=O) groups excluding carboxylic acids is 1. The minimum absolute atomic E-state index is 0.112. The van der Waals surface area contributed by atoms with Crippen LogP contribution in [0.4, 0.5) is 11.4 Å². The molecule has 0 aromatic heterocycles. The fraction of sp³-hybridized carbons (Fsp3) is 0.240. The SMILES string of the molecule is CC[C@H](Oc1ccccc1C)C(=O)Nc1ccc(S(=O)(=O)Nc2c(C)cccc2C)cc1. The lowest BCUT2D eigenvalue weighted by atomic mass is 10.1. The monoisotopic (exact) mass is 452 g/mol. The smallest absolute Gasteiger partial charge is 0.265 e. The summed E-state index contributed by atoms with van der Waals surface area (Å²) in [5, 5.41) is 2.80. The quantitative estimate of drug-likeness (QED) is 0.491. The van der Waals surface area contributed by atoms with Crippen molar-refractivity contribution >= 4 is 27.3 Å². The predicted octanol–water partition coefficient (Wildman–Crippen LogP) is 5.21. The standard InChI is InChI=1S/C25H28N2O4S/c1-5-22(31-23-12-7-6-9-17(23)2)25(28)26-20-13-15-21(16-14-20)32(29,30)27-24-18(3)10-8-11-19(24)4/h6-16,22,27H,5H2,1-4H3,(H,26,28)/t22-/m0/s1. The minimum Gasteiger partial charge on any atom is -0.480 e. The first-order valence-corrected chi connectivity index (χ1v) is 11.9. The highest BCUT2D eigenvalue weighted by atomic mass is 32.2. The van der Waals surface area contributed by atoms with Crippen LogP contribution in [0.1, 0.15) is 30.0 Å². The number of hydrogen-bond acceptors (Lipinski definition) is 4. The number of aryl methyl sites for hydroxylation is 3. The Bertz CT molecular complexity index is 1180. The molecule has 0 saturated carbocycles. The second kappa shape index (κ2) is 9.87. The van der Waals surface area contributed by atoms with E-state index in [2.05, 4.69) is 10.0 Å². The van der Waals surface area contributed by atoms with E-state index in [-0.39, 0.29) is 10.8 Å². The van der Waals surface area contributed by atoms with E-state index in [1.54, 1.807) is 12.1 Å². The zero-order chi connectivity index (χ0) is 23.3. The lowest BCUT2D eigenvalue weighted by Gasteiger charge is -2.18. The zero-order valence-electron chi connectivity index (χ0n) is 18.7. The van der Waals surface area contributed by atoms with Gasteiger partial charge >= 0.3 is 0 Å². The molecule has 3 rings (SSSR count). The number of anilines is 2. The van der Waals surface area contributed by atoms with E-state index < -0.39 is 16.1 Å². The van der Waals surface area contributed by atoms with Crippen LogP contribution in [-0.2, 0) is 14.8 Å². The Labute approximate surface area is 189 Å². The van der Waals surface area contributed by atoms with Gasteiger partial charge in [0.25, 0.3) is 15.9 Å². The summed E-state index contributed by atoms with van der Waals surface area (Å²) in [6, 6.07) is 19.2. The summed E-state index contributed by atoms with van der Waals surface area (Å²) in [7, 11) is -3.76. The lowest BCUT2D eigenvalue weighted by Crippen LogP contribution is -2.32. The van der Waals surface area contributed by atoms with Gasteiger partial charge in [0.2, 0.25) is 0 Å². The number of amides is 1. The summed E-state index contributed by atoms with van der Waals surface area (Å²) >= 11 is 0. The zero-order valence-corrected chi connectivity index (χ0v) is 19.5. The second-order valence-corrected chi connectivity index (χ2v) is 9.35. The molecule has 7 heteroatoms. The molecule has 0 saturated heterocycles. The van der Waals surface area contributed by atoms with Crippen molar-refractivity contribution in [2.75, 3.05) is 10.0 Å². The average Bonchev–Trinajstić information content (AvgIpc) is 2.76. The summed E-state index contributed by atoms with van der Waals surface area (Å²) in [5.41, 5.74) is 3.70. The van der Waals surface area contributed by atoms with E-state index >= 15 is 0 Å². The van der Waals surface area contributed by atoms with Crippen molar-refractivity contribution in [3.8, 4) is 5.75 Å². The topological polar surface area (TPSA) is 84.5 Å². The maximum Gasteiger partial charge on any atom is 0.265 e. The van der Waals surface area contributed by atoms with Gasteiger partial charge in [0.15, 0.2) is 6.10 Å². The van der Waals surface area contributed by atoms with Gasteiger partial charge in [-0.1, -0.05) is 43.3 Å². The van der Waals surface area contributed by atoms with Crippen LogP contribution in [0.25, 0.3) is 0 Å². The number of sulfonamides is 1. The van der Waals surface area contributed by atoms with Crippen molar-refractivity contribution in [3.05, 3.63) is 83.4 Å². The Morgan fingerprint density at radius 3 is 2.06 bits per heavy atom. The van der Waals surface area contributed by atoms with Gasteiger partial charge in [0, 0.05) is 5.69 Å². The van der Waals surface area contributed by atoms with E-state index in [1.165, 1.54) is 12.1 Å². The van der Waals surface area contributed by atoms with Crippen molar-refractivity contribution in [3.63, 3.8) is 0 Å². The van der Waals surface area contributed by atoms with Gasteiger partial charge in [0.1, 0.15) is 5.75 Å². The third-order valence-electron chi connectivity index (χ3n) is 5.18. The van der Waals surface area contributed by atoms with Crippen LogP contribution in [0.2, 0.25) is 0 Å². The highest BCUT2D eigenvalue weighted by Crippen LogP contribution is 2.24. The highest BCUT2D eigenvalue weighted by molar-refractivity contribution is 7.92. The normalized spacial score (nSPS) is 12.1. The summed E-state index contributed by atoms with van der Waals surface area (Å²) < 4.78 is 34.2. The number of benzene rings is 3. The molecule has 0 bridgehead atoms. The summed E-state index contributed by atoms with van der Waals surface area (Å²) in [5.74, 6) is 0.369. The minimum atomic E-state index is -3.76. The molecule has 168 valence electrons. The molecule has 0 aliphatic carbocycles. The van der Waals surface area contributed by atoms with Crippen molar-refractivity contribution < 1.29 is 17.9 Å². The van der Waals surface area contributed by atoms with E-state index in [0.29, 0.717) is 23.5 Å². The predicted molar refractivity (Wildman–Crippen MR) is 128 cm³/mol. The first kappa shape index (κ1) is 23.3. The van der Waals surface area contributed by atoms with Gasteiger partial charge in [-0.15, -0.1) is 0 Å². The number of ether oxygens (including phenoxy) is 1. The van der Waals surface area contributed by atoms with Gasteiger partial charge in [-0.3, -0.25) is 9.52 Å². The lowest BCUT2D eigenvalue weighted by molar-refractivity contribution is -0.122. The van der Waals surface area contributed by atoms with Crippen LogP contribution in [0.5, 0.6) is 5.75 Å². The molecular formula is C25H28N2O4S. The molecule has 32 heavy (non-hydrogen) atoms. The largest absolute Gasteiger partial charge is 0.480 e. The van der Waals surface area contributed by atoms with Gasteiger partial charge in [-0.05, 0) is 74.2 Å². The first-order chi connectivity index (χ1) is 15.2. The molecule has 3 aromatic carbocycles. The Balaban J connectivity index is 1.70.